The molecule has 3 nitrogen and oxygen atoms in total. The number of hydrogen-bond acceptors (Lipinski definition) is 4. The highest BCUT2D eigenvalue weighted by atomic mass is 32.2. The van der Waals surface area contributed by atoms with Gasteiger partial charge in [-0.25, -0.2) is 0 Å². The summed E-state index contributed by atoms with van der Waals surface area (Å²) in [5.41, 5.74) is 1.31. The lowest BCUT2D eigenvalue weighted by Crippen LogP contribution is -2.36. The van der Waals surface area contributed by atoms with Crippen LogP contribution in [-0.4, -0.2) is 35.5 Å². The average molecular weight is 268 g/mol. The molecule has 1 unspecified atom stereocenters. The maximum Gasteiger partial charge on any atom is 0.122 e. The van der Waals surface area contributed by atoms with Gasteiger partial charge in [0.2, 0.25) is 0 Å². The van der Waals surface area contributed by atoms with Gasteiger partial charge < -0.3 is 9.73 Å². The second-order valence-electron chi connectivity index (χ2n) is 4.96. The van der Waals surface area contributed by atoms with Gasteiger partial charge in [-0.1, -0.05) is 13.8 Å². The van der Waals surface area contributed by atoms with E-state index >= 15 is 0 Å². The third-order valence-electron chi connectivity index (χ3n) is 3.27. The van der Waals surface area contributed by atoms with E-state index in [1.54, 1.807) is 0 Å². The molecule has 1 aromatic heterocycles. The van der Waals surface area contributed by atoms with Crippen molar-refractivity contribution < 1.29 is 4.42 Å². The first kappa shape index (κ1) is 14.0. The van der Waals surface area contributed by atoms with Crippen LogP contribution < -0.4 is 5.32 Å². The van der Waals surface area contributed by atoms with Crippen LogP contribution in [0.1, 0.15) is 31.6 Å². The largest absolute Gasteiger partial charge is 0.468 e. The monoisotopic (exact) mass is 268 g/mol. The second kappa shape index (κ2) is 7.22. The van der Waals surface area contributed by atoms with Crippen molar-refractivity contribution in [2.45, 2.75) is 38.6 Å². The number of nitrogens with one attached hydrogen (secondary N) is 1. The first-order valence-corrected chi connectivity index (χ1v) is 7.94. The van der Waals surface area contributed by atoms with E-state index in [9.17, 15) is 0 Å². The van der Waals surface area contributed by atoms with E-state index < -0.39 is 0 Å². The van der Waals surface area contributed by atoms with Crippen LogP contribution >= 0.6 is 11.8 Å². The summed E-state index contributed by atoms with van der Waals surface area (Å²) in [6, 6.07) is 2.10. The number of furan rings is 1. The molecule has 0 aliphatic carbocycles. The molecule has 0 radical (unpaired) electrons. The number of nitrogens with zero attached hydrogens (tertiary/aromatic N) is 1. The van der Waals surface area contributed by atoms with Crippen LogP contribution in [0.2, 0.25) is 0 Å². The molecule has 0 bridgehead atoms. The Hall–Kier alpha value is -0.450. The number of rotatable bonds is 6. The van der Waals surface area contributed by atoms with Gasteiger partial charge in [0.25, 0.3) is 0 Å². The summed E-state index contributed by atoms with van der Waals surface area (Å²) in [6.45, 7) is 9.81. The molecule has 1 fully saturated rings. The number of hydrogen-bond donors (Lipinski definition) is 1. The molecule has 1 N–H and O–H groups in total. The molecule has 1 aromatic rings. The molecular formula is C14H24N2OS. The van der Waals surface area contributed by atoms with E-state index in [-0.39, 0.29) is 0 Å². The van der Waals surface area contributed by atoms with Gasteiger partial charge in [0.05, 0.1) is 12.8 Å². The zero-order valence-electron chi connectivity index (χ0n) is 11.4. The second-order valence-corrected chi connectivity index (χ2v) is 6.51. The van der Waals surface area contributed by atoms with E-state index in [4.69, 9.17) is 4.42 Å². The Morgan fingerprint density at radius 1 is 1.56 bits per heavy atom. The normalized spacial score (nSPS) is 21.3. The van der Waals surface area contributed by atoms with Crippen molar-refractivity contribution in [3.63, 3.8) is 0 Å². The average Bonchev–Trinajstić information content (AvgIpc) is 2.77. The molecule has 0 aromatic carbocycles. The van der Waals surface area contributed by atoms with Crippen molar-refractivity contribution in [2.24, 2.45) is 0 Å². The van der Waals surface area contributed by atoms with Gasteiger partial charge in [-0.3, -0.25) is 4.90 Å². The summed E-state index contributed by atoms with van der Waals surface area (Å²) in [6.07, 6.45) is 2.99. The van der Waals surface area contributed by atoms with E-state index in [0.29, 0.717) is 0 Å². The first-order chi connectivity index (χ1) is 8.79. The Kier molecular flexibility index (Phi) is 5.60. The summed E-state index contributed by atoms with van der Waals surface area (Å²) in [5, 5.41) is 4.19. The Balaban J connectivity index is 1.86. The van der Waals surface area contributed by atoms with Gasteiger partial charge in [-0.05, 0) is 19.0 Å². The molecule has 0 spiro atoms. The zero-order valence-corrected chi connectivity index (χ0v) is 12.3. The molecule has 0 amide bonds. The van der Waals surface area contributed by atoms with Crippen molar-refractivity contribution in [2.75, 3.05) is 25.4 Å². The van der Waals surface area contributed by atoms with Gasteiger partial charge >= 0.3 is 0 Å². The maximum atomic E-state index is 5.64. The van der Waals surface area contributed by atoms with Gasteiger partial charge in [0.15, 0.2) is 0 Å². The molecule has 1 saturated heterocycles. The van der Waals surface area contributed by atoms with Gasteiger partial charge in [-0.15, -0.1) is 0 Å². The van der Waals surface area contributed by atoms with E-state index in [1.165, 1.54) is 30.8 Å². The highest BCUT2D eigenvalue weighted by molar-refractivity contribution is 7.99. The minimum absolute atomic E-state index is 0.746. The zero-order chi connectivity index (χ0) is 12.8. The Labute approximate surface area is 114 Å². The molecule has 1 aliphatic heterocycles. The van der Waals surface area contributed by atoms with Crippen molar-refractivity contribution in [1.29, 1.82) is 0 Å². The predicted octanol–water partition coefficient (Wildman–Crippen LogP) is 2.72. The van der Waals surface area contributed by atoms with Gasteiger partial charge in [0, 0.05) is 36.2 Å². The molecule has 102 valence electrons. The summed E-state index contributed by atoms with van der Waals surface area (Å²) >= 11 is 2.07. The lowest BCUT2D eigenvalue weighted by molar-refractivity contribution is 0.253. The Morgan fingerprint density at radius 2 is 2.44 bits per heavy atom. The maximum absolute atomic E-state index is 5.64. The lowest BCUT2D eigenvalue weighted by atomic mass is 10.2. The minimum Gasteiger partial charge on any atom is -0.468 e. The molecule has 0 saturated carbocycles. The Morgan fingerprint density at radius 3 is 3.22 bits per heavy atom. The predicted molar refractivity (Wildman–Crippen MR) is 77.9 cm³/mol. The molecule has 18 heavy (non-hydrogen) atoms. The SMILES string of the molecule is CCCNCc1ccoc1CN1CCSC(C)C1. The minimum atomic E-state index is 0.746. The van der Waals surface area contributed by atoms with Crippen LogP contribution in [0.3, 0.4) is 0 Å². The highest BCUT2D eigenvalue weighted by Gasteiger charge is 2.18. The fourth-order valence-corrected chi connectivity index (χ4v) is 3.38. The molecule has 1 atom stereocenters. The molecule has 1 aliphatic rings. The highest BCUT2D eigenvalue weighted by Crippen LogP contribution is 2.21. The molecular weight excluding hydrogens is 244 g/mol. The third kappa shape index (κ3) is 4.04. The van der Waals surface area contributed by atoms with Crippen molar-refractivity contribution in [3.8, 4) is 0 Å². The summed E-state index contributed by atoms with van der Waals surface area (Å²) in [4.78, 5) is 2.50. The van der Waals surface area contributed by atoms with E-state index in [0.717, 1.165) is 30.6 Å². The molecule has 2 heterocycles. The van der Waals surface area contributed by atoms with Crippen molar-refractivity contribution in [1.82, 2.24) is 10.2 Å². The van der Waals surface area contributed by atoms with E-state index in [1.807, 2.05) is 6.26 Å². The molecule has 4 heteroatoms. The molecule has 2 rings (SSSR count). The van der Waals surface area contributed by atoms with Crippen LogP contribution in [0.5, 0.6) is 0 Å². The summed E-state index contributed by atoms with van der Waals surface area (Å²) in [5.74, 6) is 2.38. The van der Waals surface area contributed by atoms with Crippen molar-refractivity contribution >= 4 is 11.8 Å². The van der Waals surface area contributed by atoms with Crippen LogP contribution in [0.4, 0.5) is 0 Å². The Bertz CT molecular complexity index is 353. The van der Waals surface area contributed by atoms with Crippen molar-refractivity contribution in [3.05, 3.63) is 23.7 Å². The fraction of sp³-hybridized carbons (Fsp3) is 0.714. The first-order valence-electron chi connectivity index (χ1n) is 6.89. The third-order valence-corrected chi connectivity index (χ3v) is 4.41. The van der Waals surface area contributed by atoms with Crippen LogP contribution in [0.15, 0.2) is 16.7 Å². The number of thioether (sulfide) groups is 1. The van der Waals surface area contributed by atoms with Gasteiger partial charge in [0.1, 0.15) is 5.76 Å². The lowest BCUT2D eigenvalue weighted by Gasteiger charge is -2.29. The fourth-order valence-electron chi connectivity index (χ4n) is 2.30. The summed E-state index contributed by atoms with van der Waals surface area (Å²) < 4.78 is 5.64. The quantitative estimate of drug-likeness (QED) is 0.803. The standard InChI is InChI=1S/C14H24N2OS/c1-3-5-15-9-13-4-7-17-14(13)11-16-6-8-18-12(2)10-16/h4,7,12,15H,3,5-6,8-11H2,1-2H3. The van der Waals surface area contributed by atoms with Crippen LogP contribution in [0, 0.1) is 0 Å². The van der Waals surface area contributed by atoms with Gasteiger partial charge in [-0.2, -0.15) is 11.8 Å². The topological polar surface area (TPSA) is 28.4 Å². The van der Waals surface area contributed by atoms with Crippen LogP contribution in [-0.2, 0) is 13.1 Å². The van der Waals surface area contributed by atoms with Crippen LogP contribution in [0.25, 0.3) is 0 Å². The summed E-state index contributed by atoms with van der Waals surface area (Å²) in [7, 11) is 0. The smallest absolute Gasteiger partial charge is 0.122 e. The van der Waals surface area contributed by atoms with E-state index in [2.05, 4.69) is 41.9 Å².